The van der Waals surface area contributed by atoms with Crippen molar-refractivity contribution in [1.29, 1.82) is 0 Å². The molecule has 0 spiro atoms. The summed E-state index contributed by atoms with van der Waals surface area (Å²) in [6.07, 6.45) is 2.25. The van der Waals surface area contributed by atoms with E-state index in [-0.39, 0.29) is 89.8 Å². The second-order valence-corrected chi connectivity index (χ2v) is 27.8. The highest BCUT2D eigenvalue weighted by atomic mass is 32.2. The first-order chi connectivity index (χ1) is 43.1. The minimum atomic E-state index is -5.03. The van der Waals surface area contributed by atoms with E-state index in [2.05, 4.69) is 77.5 Å². The minimum absolute atomic E-state index is 0.00394. The van der Waals surface area contributed by atoms with Crippen LogP contribution < -0.4 is 21.3 Å². The number of hydrogen-bond donors (Lipinski definition) is 12. The Hall–Kier alpha value is -10.4. The number of azo groups is 2. The maximum Gasteiger partial charge on any atom is 0.320 e. The molecule has 39 heteroatoms. The first kappa shape index (κ1) is 64.6. The lowest BCUT2D eigenvalue weighted by molar-refractivity contribution is 0.429. The van der Waals surface area contributed by atoms with E-state index in [1.807, 2.05) is 0 Å². The molecule has 92 heavy (non-hydrogen) atoms. The standard InChI is InChI=1S/C53H40N14O19S6/c1-87(70,71)40-20-30-6-10-38(22-42(30)46(26-40)91(81,82)83)66-64-34-16-12-32(13-17-34)54-48-58-50(62-52(68)60-48)56-36-8-4-28(44(24-36)89(75,76)77)2-3-29-5-9-37(25-45(29)90(78,79)80)57-51-59-49(61-53(69)63-51)55-33-14-18-35(19-15-33)65-67-39-11-7-31-21-41(88(72,73)74)27-47(43(31)23-39)92(84,85)86/h2-27H,1H2,(H,70,71)(H,72,73,74)(H,75,76,77)(H,78,79,80)(H,81,82,83)(H,84,85,86)(H3,54,56,58,60,62,68)(H3,55,57,59,61,63,69)/b3-2+,66-64?,67-65?. The number of nitrogens with one attached hydrogen (secondary N) is 4. The third kappa shape index (κ3) is 15.8. The van der Waals surface area contributed by atoms with Crippen molar-refractivity contribution in [2.24, 2.45) is 20.5 Å². The summed E-state index contributed by atoms with van der Waals surface area (Å²) < 4.78 is 195. The Labute approximate surface area is 519 Å². The zero-order chi connectivity index (χ0) is 66.3. The highest BCUT2D eigenvalue weighted by Crippen LogP contribution is 2.35. The van der Waals surface area contributed by atoms with E-state index in [1.54, 1.807) is 0 Å². The average molecular weight is 1370 g/mol. The van der Waals surface area contributed by atoms with Crippen molar-refractivity contribution >= 4 is 169 Å². The molecular weight excluding hydrogens is 1330 g/mol. The monoisotopic (exact) mass is 1370 g/mol. The van der Waals surface area contributed by atoms with Gasteiger partial charge in [-0.1, -0.05) is 36.4 Å². The van der Waals surface area contributed by atoms with E-state index in [0.29, 0.717) is 23.1 Å². The SMILES string of the molecule is C=S(=O)(O)c1cc(S(=O)(=O)O)c2cc(N=Nc3ccc(Nc4nc(O)nc(Nc5ccc(/C=C/c6ccc(Nc7nc(O)nc(Nc8ccc(N=Nc9ccc%10cc(S(=O)(=O)O)cc(S(=O)(=O)O)c%10c9)cc8)n7)cc6S(=O)(=O)O)c(S(=O)(=O)O)c5)n4)cc3)ccc2c1. The number of hydrogen-bond acceptors (Lipinski definition) is 27. The number of anilines is 8. The topological polar surface area (TPSA) is 525 Å². The Bertz CT molecular complexity index is 5160. The maximum absolute atomic E-state index is 12.7. The van der Waals surface area contributed by atoms with E-state index in [9.17, 15) is 83.8 Å². The van der Waals surface area contributed by atoms with Gasteiger partial charge in [-0.25, -0.2) is 4.21 Å². The van der Waals surface area contributed by atoms with E-state index in [0.717, 1.165) is 36.4 Å². The summed E-state index contributed by atoms with van der Waals surface area (Å²) >= 11 is 0. The maximum atomic E-state index is 12.7. The molecule has 12 N–H and O–H groups in total. The van der Waals surface area contributed by atoms with Crippen molar-refractivity contribution in [1.82, 2.24) is 29.9 Å². The molecule has 2 heterocycles. The highest BCUT2D eigenvalue weighted by molar-refractivity contribution is 7.95. The van der Waals surface area contributed by atoms with Gasteiger partial charge in [-0.05, 0) is 149 Å². The van der Waals surface area contributed by atoms with Gasteiger partial charge in [0.15, 0.2) is 0 Å². The molecule has 10 rings (SSSR count). The van der Waals surface area contributed by atoms with Crippen LogP contribution in [0.15, 0.2) is 195 Å². The summed E-state index contributed by atoms with van der Waals surface area (Å²) in [5.41, 5.74) is 1.08. The first-order valence-corrected chi connectivity index (χ1v) is 34.1. The third-order valence-corrected chi connectivity index (χ3v) is 18.0. The molecule has 0 amide bonds. The molecule has 1 unspecified atom stereocenters. The van der Waals surface area contributed by atoms with Crippen molar-refractivity contribution in [2.45, 2.75) is 29.4 Å². The van der Waals surface area contributed by atoms with Crippen LogP contribution in [0, 0.1) is 0 Å². The summed E-state index contributed by atoms with van der Waals surface area (Å²) in [7, 11) is -28.5. The number of nitrogens with zero attached hydrogens (tertiary/aromatic N) is 10. The van der Waals surface area contributed by atoms with Gasteiger partial charge >= 0.3 is 12.0 Å². The number of benzene rings is 8. The number of aromatic hydroxyl groups is 2. The molecule has 0 aliphatic carbocycles. The van der Waals surface area contributed by atoms with Crippen LogP contribution in [0.1, 0.15) is 11.1 Å². The molecule has 2 aromatic heterocycles. The van der Waals surface area contributed by atoms with Gasteiger partial charge in [-0.3, -0.25) is 22.8 Å². The van der Waals surface area contributed by atoms with E-state index >= 15 is 0 Å². The van der Waals surface area contributed by atoms with Crippen LogP contribution in [-0.4, -0.2) is 120 Å². The Morgan fingerprint density at radius 2 is 0.652 bits per heavy atom. The van der Waals surface area contributed by atoms with Crippen LogP contribution in [0.25, 0.3) is 33.7 Å². The van der Waals surface area contributed by atoms with Crippen LogP contribution in [0.5, 0.6) is 12.0 Å². The van der Waals surface area contributed by atoms with Crippen molar-refractivity contribution in [2.75, 3.05) is 21.3 Å². The van der Waals surface area contributed by atoms with E-state index in [1.165, 1.54) is 115 Å². The first-order valence-electron chi connectivity index (χ1n) is 25.2. The van der Waals surface area contributed by atoms with Gasteiger partial charge in [0.05, 0.1) is 32.5 Å². The molecule has 10 aromatic rings. The van der Waals surface area contributed by atoms with E-state index < -0.39 is 96.9 Å². The average Bonchev–Trinajstić information content (AvgIpc) is 0.806. The Kier molecular flexibility index (Phi) is 17.4. The van der Waals surface area contributed by atoms with Crippen LogP contribution in [0.4, 0.5) is 69.3 Å². The molecule has 33 nitrogen and oxygen atoms in total. The van der Waals surface area contributed by atoms with Crippen molar-refractivity contribution in [3.63, 3.8) is 0 Å². The lowest BCUT2D eigenvalue weighted by atomic mass is 10.1. The summed E-state index contributed by atoms with van der Waals surface area (Å²) in [5.74, 6) is 2.08. The van der Waals surface area contributed by atoms with Gasteiger partial charge in [-0.15, -0.1) is 0 Å². The molecule has 0 fully saturated rings. The van der Waals surface area contributed by atoms with Crippen molar-refractivity contribution in [3.8, 4) is 12.0 Å². The fourth-order valence-corrected chi connectivity index (χ4v) is 12.7. The number of aromatic nitrogens is 6. The molecule has 1 atom stereocenters. The summed E-state index contributed by atoms with van der Waals surface area (Å²) in [6, 6.07) is 29.3. The predicted octanol–water partition coefficient (Wildman–Crippen LogP) is 9.53. The molecule has 472 valence electrons. The lowest BCUT2D eigenvalue weighted by Gasteiger charge is -2.11. The van der Waals surface area contributed by atoms with Crippen LogP contribution in [0.2, 0.25) is 0 Å². The quantitative estimate of drug-likeness (QED) is 0.0146. The summed E-state index contributed by atoms with van der Waals surface area (Å²) in [5, 5.41) is 48.4. The molecular formula is C53H40N14O19S6. The fraction of sp³-hybridized carbons (Fsp3) is 0. The van der Waals surface area contributed by atoms with Crippen molar-refractivity contribution < 1.29 is 83.8 Å². The van der Waals surface area contributed by atoms with Gasteiger partial charge in [0, 0.05) is 33.5 Å². The van der Waals surface area contributed by atoms with Gasteiger partial charge in [0.1, 0.15) is 29.4 Å². The van der Waals surface area contributed by atoms with Gasteiger partial charge < -0.3 is 36.0 Å². The number of rotatable bonds is 20. The van der Waals surface area contributed by atoms with Gasteiger partial charge in [0.25, 0.3) is 50.6 Å². The minimum Gasteiger partial charge on any atom is -0.479 e. The Balaban J connectivity index is 0.795. The van der Waals surface area contributed by atoms with Crippen LogP contribution >= 0.6 is 0 Å². The molecule has 0 aliphatic heterocycles. The second-order valence-electron chi connectivity index (χ2n) is 19.1. The predicted molar refractivity (Wildman–Crippen MR) is 332 cm³/mol. The van der Waals surface area contributed by atoms with Crippen LogP contribution in [0.3, 0.4) is 0 Å². The second kappa shape index (κ2) is 24.7. The molecule has 0 radical (unpaired) electrons. The Morgan fingerprint density at radius 1 is 0.337 bits per heavy atom. The van der Waals surface area contributed by atoms with E-state index in [4.69, 9.17) is 0 Å². The summed E-state index contributed by atoms with van der Waals surface area (Å²) in [4.78, 5) is 19.8. The zero-order valence-corrected chi connectivity index (χ0v) is 50.6. The summed E-state index contributed by atoms with van der Waals surface area (Å²) in [6.45, 7) is 0. The normalized spacial score (nSPS) is 13.2. The van der Waals surface area contributed by atoms with Gasteiger partial charge in [-0.2, -0.15) is 92.4 Å². The lowest BCUT2D eigenvalue weighted by Crippen LogP contribution is -2.06. The van der Waals surface area contributed by atoms with Gasteiger partial charge in [0.2, 0.25) is 23.8 Å². The zero-order valence-electron chi connectivity index (χ0n) is 45.7. The number of fused-ring (bicyclic) bond motifs is 2. The molecule has 0 saturated carbocycles. The van der Waals surface area contributed by atoms with Crippen molar-refractivity contribution in [3.05, 3.63) is 157 Å². The molecule has 0 bridgehead atoms. The Morgan fingerprint density at radius 3 is 1.00 bits per heavy atom. The largest absolute Gasteiger partial charge is 0.479 e. The van der Waals surface area contributed by atoms with Crippen LogP contribution in [-0.2, 0) is 60.4 Å². The smallest absolute Gasteiger partial charge is 0.320 e. The fourth-order valence-electron chi connectivity index (χ4n) is 8.50. The molecule has 0 aliphatic rings. The third-order valence-electron chi connectivity index (χ3n) is 12.6. The molecule has 8 aromatic carbocycles. The highest BCUT2D eigenvalue weighted by Gasteiger charge is 2.23. The molecule has 0 saturated heterocycles.